The molecule has 0 saturated carbocycles. The highest BCUT2D eigenvalue weighted by Gasteiger charge is 2.47. The molecule has 1 aliphatic carbocycles. The standard InChI is InChI=1S/C63H68ClF2N15O11/c1-6-89-19-16-79-35-52(73-75-79)39-23-40(53-36-80(76-74-53)17-20-91-22-21-90-18-13-56(82)71-32-42-27-50(51(64)33-70-42)61(86)72-34-57(83)81-37-63(65,66)30-45(81)31-67)25-41(24-39)60(85)69-15-14-68-59(84)38-7-10-46(49(26-38)62(87)88)58-47-11-8-43(77(2)3)28-54(47)92-55-29-44(78(4)5)9-12-48(55)58/h7-12,23-29,33,35-36,45,47,58H,6,13-22,30,32,34,37H2,1-5H3,(H4-,68,69,71,72,82,84,85,86,87,88)/t45-,47?,58?/m1/s1. The molecule has 4 N–H and O–H groups in total. The van der Waals surface area contributed by atoms with E-state index in [0.717, 1.165) is 21.9 Å². The van der Waals surface area contributed by atoms with E-state index in [1.807, 2.05) is 87.1 Å². The van der Waals surface area contributed by atoms with Crippen LogP contribution in [0.1, 0.15) is 83.9 Å². The zero-order valence-electron chi connectivity index (χ0n) is 51.1. The first kappa shape index (κ1) is 66.6. The molecule has 29 heteroatoms. The van der Waals surface area contributed by atoms with Crippen LogP contribution in [-0.2, 0) is 43.4 Å². The van der Waals surface area contributed by atoms with Crippen molar-refractivity contribution in [2.75, 3.05) is 98.9 Å². The molecule has 5 amide bonds. The van der Waals surface area contributed by atoms with E-state index in [0.29, 0.717) is 65.9 Å². The van der Waals surface area contributed by atoms with Gasteiger partial charge in [0.1, 0.15) is 43.0 Å². The number of rotatable bonds is 28. The monoisotopic (exact) mass is 1280 g/mol. The molecule has 26 nitrogen and oxygen atoms in total. The van der Waals surface area contributed by atoms with Crippen LogP contribution in [0.4, 0.5) is 14.5 Å². The summed E-state index contributed by atoms with van der Waals surface area (Å²) in [6.45, 7) is 2.65. The summed E-state index contributed by atoms with van der Waals surface area (Å²) in [7, 11) is 7.70. The second-order valence-corrected chi connectivity index (χ2v) is 22.5. The number of hydrogen-bond donors (Lipinski definition) is 4. The van der Waals surface area contributed by atoms with E-state index in [-0.39, 0.29) is 97.3 Å². The first-order chi connectivity index (χ1) is 44.2. The van der Waals surface area contributed by atoms with Gasteiger partial charge in [0.2, 0.25) is 17.5 Å². The molecular formula is C63H68ClF2N15O11. The molecule has 0 spiro atoms. The van der Waals surface area contributed by atoms with Crippen molar-refractivity contribution in [1.82, 2.24) is 61.1 Å². The number of likely N-dealkylation sites (tertiary alicyclic amines) is 1. The Kier molecular flexibility index (Phi) is 22.0. The normalized spacial score (nSPS) is 16.1. The number of amides is 5. The minimum Gasteiger partial charge on any atom is -0.545 e. The molecule has 92 heavy (non-hydrogen) atoms. The topological polar surface area (TPSA) is 318 Å². The number of aromatic nitrogens is 7. The number of nitriles is 1. The number of hydrogen-bond acceptors (Lipinski definition) is 18. The van der Waals surface area contributed by atoms with Crippen molar-refractivity contribution >= 4 is 58.5 Å². The third-order valence-electron chi connectivity index (χ3n) is 15.2. The van der Waals surface area contributed by atoms with E-state index in [9.17, 15) is 47.9 Å². The van der Waals surface area contributed by atoms with Crippen LogP contribution < -0.4 is 36.0 Å². The maximum atomic E-state index is 13.9. The van der Waals surface area contributed by atoms with Gasteiger partial charge < -0.3 is 59.9 Å². The molecule has 482 valence electrons. The van der Waals surface area contributed by atoms with Gasteiger partial charge in [-0.05, 0) is 55.0 Å². The highest BCUT2D eigenvalue weighted by Crippen LogP contribution is 2.49. The van der Waals surface area contributed by atoms with E-state index < -0.39 is 67.0 Å². The predicted octanol–water partition coefficient (Wildman–Crippen LogP) is 3.41. The Bertz CT molecular complexity index is 3900. The van der Waals surface area contributed by atoms with Crippen molar-refractivity contribution in [2.45, 2.75) is 57.3 Å². The third kappa shape index (κ3) is 16.8. The molecule has 9 rings (SSSR count). The summed E-state index contributed by atoms with van der Waals surface area (Å²) in [5.41, 5.74) is 5.52. The Morgan fingerprint density at radius 1 is 0.815 bits per heavy atom. The lowest BCUT2D eigenvalue weighted by Gasteiger charge is -2.36. The van der Waals surface area contributed by atoms with E-state index in [2.05, 4.69) is 46.9 Å². The maximum absolute atomic E-state index is 13.9. The fourth-order valence-electron chi connectivity index (χ4n) is 10.4. The Balaban J connectivity index is 0.749. The van der Waals surface area contributed by atoms with Crippen LogP contribution in [0.15, 0.2) is 103 Å². The number of carbonyl (C=O) groups excluding carboxylic acids is 6. The van der Waals surface area contributed by atoms with Crippen molar-refractivity contribution in [3.63, 3.8) is 0 Å². The number of ether oxygens (including phenoxy) is 4. The molecule has 3 atom stereocenters. The number of carbonyl (C=O) groups is 6. The maximum Gasteiger partial charge on any atom is 0.268 e. The summed E-state index contributed by atoms with van der Waals surface area (Å²) in [5.74, 6) is -7.25. The van der Waals surface area contributed by atoms with Gasteiger partial charge >= 0.3 is 0 Å². The lowest BCUT2D eigenvalue weighted by atomic mass is 9.74. The average molecular weight is 1280 g/mol. The first-order valence-corrected chi connectivity index (χ1v) is 29.9. The molecule has 5 heterocycles. The zero-order valence-corrected chi connectivity index (χ0v) is 51.9. The number of allylic oxidation sites excluding steroid dienone is 3. The first-order valence-electron chi connectivity index (χ1n) is 29.5. The molecule has 3 aromatic carbocycles. The van der Waals surface area contributed by atoms with Crippen molar-refractivity contribution in [1.29, 1.82) is 5.26 Å². The van der Waals surface area contributed by atoms with E-state index >= 15 is 0 Å². The van der Waals surface area contributed by atoms with Gasteiger partial charge in [-0.15, -0.1) is 10.2 Å². The van der Waals surface area contributed by atoms with Crippen LogP contribution in [-0.4, -0.2) is 192 Å². The fraction of sp³-hybridized carbons (Fsp3) is 0.381. The van der Waals surface area contributed by atoms with Gasteiger partial charge in [0.25, 0.3) is 23.6 Å². The molecule has 0 radical (unpaired) electrons. The smallest absolute Gasteiger partial charge is 0.268 e. The van der Waals surface area contributed by atoms with Gasteiger partial charge in [0.05, 0.1) is 106 Å². The summed E-state index contributed by atoms with van der Waals surface area (Å²) < 4.78 is 56.1. The summed E-state index contributed by atoms with van der Waals surface area (Å²) in [4.78, 5) is 85.3. The van der Waals surface area contributed by atoms with Gasteiger partial charge in [-0.1, -0.05) is 40.2 Å². The zero-order chi connectivity index (χ0) is 65.6. The van der Waals surface area contributed by atoms with E-state index in [4.69, 9.17) is 30.5 Å². The molecule has 6 aromatic rings. The molecule has 2 unspecified atom stereocenters. The van der Waals surface area contributed by atoms with Crippen LogP contribution in [0, 0.1) is 17.2 Å². The second kappa shape index (κ2) is 30.3. The number of aromatic carboxylic acids is 1. The number of anilines is 1. The Morgan fingerprint density at radius 3 is 2.13 bits per heavy atom. The number of benzene rings is 3. The van der Waals surface area contributed by atoms with E-state index in [1.165, 1.54) is 18.3 Å². The second-order valence-electron chi connectivity index (χ2n) is 22.1. The molecule has 3 aliphatic rings. The molecule has 2 aliphatic heterocycles. The third-order valence-corrected chi connectivity index (χ3v) is 15.5. The fourth-order valence-corrected chi connectivity index (χ4v) is 10.6. The van der Waals surface area contributed by atoms with Crippen LogP contribution in [0.3, 0.4) is 0 Å². The largest absolute Gasteiger partial charge is 0.545 e. The number of nitrogens with zero attached hydrogens (tertiary/aromatic N) is 11. The number of halogens is 3. The van der Waals surface area contributed by atoms with Crippen molar-refractivity contribution < 1.29 is 66.2 Å². The molecule has 1 saturated heterocycles. The Labute approximate surface area is 532 Å². The van der Waals surface area contributed by atoms with Gasteiger partial charge in [0, 0.05) is 122 Å². The van der Waals surface area contributed by atoms with Gasteiger partial charge in [0.15, 0.2) is 0 Å². The van der Waals surface area contributed by atoms with Crippen LogP contribution in [0.2, 0.25) is 5.02 Å². The van der Waals surface area contributed by atoms with Crippen molar-refractivity contribution in [2.24, 2.45) is 5.92 Å². The molecular weight excluding hydrogens is 1220 g/mol. The van der Waals surface area contributed by atoms with E-state index in [1.54, 1.807) is 52.1 Å². The number of fused-ring (bicyclic) bond motifs is 2. The number of alkyl halides is 2. The number of carboxylic acids is 1. The summed E-state index contributed by atoms with van der Waals surface area (Å²) in [6.07, 6.45) is 9.76. The minimum absolute atomic E-state index is 0.00202. The summed E-state index contributed by atoms with van der Waals surface area (Å²) in [5, 5.41) is 49.9. The minimum atomic E-state index is -3.21. The predicted molar refractivity (Wildman–Crippen MR) is 328 cm³/mol. The average Bonchev–Trinajstić information content (AvgIpc) is 1.01. The number of nitrogens with one attached hydrogen (secondary N) is 4. The van der Waals surface area contributed by atoms with Crippen molar-refractivity contribution in [3.05, 3.63) is 147 Å². The summed E-state index contributed by atoms with van der Waals surface area (Å²) >= 11 is 6.17. The van der Waals surface area contributed by atoms with Crippen molar-refractivity contribution in [3.8, 4) is 34.3 Å². The highest BCUT2D eigenvalue weighted by molar-refractivity contribution is 6.33. The Hall–Kier alpha value is -9.82. The van der Waals surface area contributed by atoms with Gasteiger partial charge in [-0.3, -0.25) is 29.0 Å². The highest BCUT2D eigenvalue weighted by atomic mass is 35.5. The lowest BCUT2D eigenvalue weighted by Crippen LogP contribution is -2.43. The van der Waals surface area contributed by atoms with Crippen LogP contribution in [0.25, 0.3) is 22.5 Å². The van der Waals surface area contributed by atoms with Crippen LogP contribution >= 0.6 is 11.6 Å². The van der Waals surface area contributed by atoms with Gasteiger partial charge in [-0.2, -0.15) is 5.26 Å². The molecule has 1 fully saturated rings. The molecule has 0 bridgehead atoms. The Morgan fingerprint density at radius 2 is 1.48 bits per heavy atom. The summed E-state index contributed by atoms with van der Waals surface area (Å²) in [6, 6.07) is 17.2. The lowest BCUT2D eigenvalue weighted by molar-refractivity contribution is -0.462. The number of carboxylic acid groups (broad SMARTS) is 1. The quantitative estimate of drug-likeness (QED) is 0.0404. The SMILES string of the molecule is CCOCCn1cc(-c2cc(C(=O)NCCNC(=O)c3ccc(C4c5ccc(N(C)C)cc5OC5=CC(=[N+](C)C)C=CC54)c(C(=O)[O-])c3)cc(-c3cn(CCOCCOCCC(=O)NCc4cc(C(=O)NCC(=O)N5CC(F)(F)C[C@@H]5C#N)c(Cl)cn4)nn3)c2)nn1. The molecule has 3 aromatic heterocycles. The van der Waals surface area contributed by atoms with Crippen LogP contribution in [0.5, 0.6) is 5.75 Å². The number of pyridine rings is 1. The van der Waals surface area contributed by atoms with Gasteiger partial charge in [-0.25, -0.2) is 22.7 Å².